The molecular weight excluding hydrogens is 420 g/mol. The topological polar surface area (TPSA) is 61.2 Å². The third-order valence-electron chi connectivity index (χ3n) is 5.32. The number of carbonyl (C=O) groups excluding carboxylic acids is 1. The molecule has 5 nitrogen and oxygen atoms in total. The SMILES string of the molecule is Cc1ccc(C)c(C(=O)CSc2nc3cc(Cl)ccc3c(=O)n2CC2CCCO2)c1. The summed E-state index contributed by atoms with van der Waals surface area (Å²) >= 11 is 7.40. The minimum absolute atomic E-state index is 0.0108. The van der Waals surface area contributed by atoms with Crippen LogP contribution in [0.4, 0.5) is 0 Å². The first-order chi connectivity index (χ1) is 14.4. The number of ether oxygens (including phenoxy) is 1. The normalized spacial score (nSPS) is 16.3. The van der Waals surface area contributed by atoms with Crippen molar-refractivity contribution in [3.05, 3.63) is 68.5 Å². The number of hydrogen-bond donors (Lipinski definition) is 0. The van der Waals surface area contributed by atoms with Crippen LogP contribution in [-0.2, 0) is 11.3 Å². The molecule has 0 radical (unpaired) electrons. The van der Waals surface area contributed by atoms with E-state index >= 15 is 0 Å². The molecule has 2 heterocycles. The number of benzene rings is 2. The van der Waals surface area contributed by atoms with Crippen molar-refractivity contribution in [2.24, 2.45) is 0 Å². The molecule has 0 spiro atoms. The highest BCUT2D eigenvalue weighted by molar-refractivity contribution is 7.99. The average Bonchev–Trinajstić information content (AvgIpc) is 3.23. The van der Waals surface area contributed by atoms with Crippen LogP contribution in [-0.4, -0.2) is 33.8 Å². The minimum Gasteiger partial charge on any atom is -0.376 e. The summed E-state index contributed by atoms with van der Waals surface area (Å²) in [6.45, 7) is 5.05. The molecule has 1 aromatic heterocycles. The van der Waals surface area contributed by atoms with Gasteiger partial charge in [0.2, 0.25) is 0 Å². The largest absolute Gasteiger partial charge is 0.376 e. The lowest BCUT2D eigenvalue weighted by molar-refractivity contribution is 0.0937. The number of carbonyl (C=O) groups is 1. The molecule has 1 fully saturated rings. The number of thioether (sulfide) groups is 1. The Morgan fingerprint density at radius 1 is 1.27 bits per heavy atom. The Morgan fingerprint density at radius 3 is 2.87 bits per heavy atom. The Morgan fingerprint density at radius 2 is 2.10 bits per heavy atom. The van der Waals surface area contributed by atoms with E-state index in [9.17, 15) is 9.59 Å². The molecule has 0 amide bonds. The zero-order chi connectivity index (χ0) is 21.3. The first-order valence-corrected chi connectivity index (χ1v) is 11.3. The summed E-state index contributed by atoms with van der Waals surface area (Å²) in [6, 6.07) is 10.9. The molecule has 0 aliphatic carbocycles. The van der Waals surface area contributed by atoms with Crippen molar-refractivity contribution in [2.75, 3.05) is 12.4 Å². The number of nitrogens with zero attached hydrogens (tertiary/aromatic N) is 2. The molecule has 0 N–H and O–H groups in total. The zero-order valence-corrected chi connectivity index (χ0v) is 18.6. The summed E-state index contributed by atoms with van der Waals surface area (Å²) in [4.78, 5) is 30.7. The third-order valence-corrected chi connectivity index (χ3v) is 6.53. The van der Waals surface area contributed by atoms with Gasteiger partial charge in [-0.25, -0.2) is 4.98 Å². The van der Waals surface area contributed by atoms with Crippen LogP contribution in [0.15, 0.2) is 46.3 Å². The van der Waals surface area contributed by atoms with Crippen molar-refractivity contribution < 1.29 is 9.53 Å². The fraction of sp³-hybridized carbons (Fsp3) is 0.348. The Bertz CT molecular complexity index is 1170. The highest BCUT2D eigenvalue weighted by Crippen LogP contribution is 2.24. The summed E-state index contributed by atoms with van der Waals surface area (Å²) in [5.74, 6) is 0.222. The molecule has 30 heavy (non-hydrogen) atoms. The molecule has 3 aromatic rings. The van der Waals surface area contributed by atoms with Crippen LogP contribution < -0.4 is 5.56 Å². The van der Waals surface area contributed by atoms with Crippen molar-refractivity contribution in [3.8, 4) is 0 Å². The number of fused-ring (bicyclic) bond motifs is 1. The van der Waals surface area contributed by atoms with E-state index in [0.29, 0.717) is 39.8 Å². The van der Waals surface area contributed by atoms with E-state index in [0.717, 1.165) is 24.0 Å². The molecule has 0 saturated carbocycles. The van der Waals surface area contributed by atoms with Crippen molar-refractivity contribution in [1.29, 1.82) is 0 Å². The lowest BCUT2D eigenvalue weighted by Crippen LogP contribution is -2.29. The zero-order valence-electron chi connectivity index (χ0n) is 17.0. The number of rotatable bonds is 6. The molecule has 1 aliphatic heterocycles. The third kappa shape index (κ3) is 4.46. The molecule has 1 unspecified atom stereocenters. The lowest BCUT2D eigenvalue weighted by Gasteiger charge is -2.16. The number of hydrogen-bond acceptors (Lipinski definition) is 5. The van der Waals surface area contributed by atoms with Crippen molar-refractivity contribution >= 4 is 40.0 Å². The molecule has 1 aliphatic rings. The number of aromatic nitrogens is 2. The maximum atomic E-state index is 13.2. The fourth-order valence-electron chi connectivity index (χ4n) is 3.68. The van der Waals surface area contributed by atoms with E-state index in [2.05, 4.69) is 4.98 Å². The summed E-state index contributed by atoms with van der Waals surface area (Å²) < 4.78 is 7.38. The van der Waals surface area contributed by atoms with E-state index in [1.807, 2.05) is 32.0 Å². The summed E-state index contributed by atoms with van der Waals surface area (Å²) in [5, 5.41) is 1.56. The first-order valence-electron chi connectivity index (χ1n) is 9.97. The highest BCUT2D eigenvalue weighted by Gasteiger charge is 2.21. The van der Waals surface area contributed by atoms with Gasteiger partial charge in [0, 0.05) is 17.2 Å². The van der Waals surface area contributed by atoms with Gasteiger partial charge in [-0.1, -0.05) is 41.1 Å². The Balaban J connectivity index is 1.68. The second kappa shape index (κ2) is 8.92. The Labute approximate surface area is 184 Å². The maximum absolute atomic E-state index is 13.2. The van der Waals surface area contributed by atoms with Gasteiger partial charge >= 0.3 is 0 Å². The van der Waals surface area contributed by atoms with Crippen LogP contribution in [0.2, 0.25) is 5.02 Å². The van der Waals surface area contributed by atoms with Gasteiger partial charge in [-0.2, -0.15) is 0 Å². The van der Waals surface area contributed by atoms with Crippen LogP contribution in [0, 0.1) is 13.8 Å². The molecule has 0 bridgehead atoms. The predicted octanol–water partition coefficient (Wildman–Crippen LogP) is 4.82. The molecule has 1 atom stereocenters. The van der Waals surface area contributed by atoms with E-state index < -0.39 is 0 Å². The Hall–Kier alpha value is -2.15. The average molecular weight is 443 g/mol. The van der Waals surface area contributed by atoms with Gasteiger partial charge in [0.15, 0.2) is 10.9 Å². The van der Waals surface area contributed by atoms with Crippen molar-refractivity contribution in [2.45, 2.75) is 44.5 Å². The smallest absolute Gasteiger partial charge is 0.262 e. The van der Waals surface area contributed by atoms with Crippen molar-refractivity contribution in [3.63, 3.8) is 0 Å². The molecule has 156 valence electrons. The highest BCUT2D eigenvalue weighted by atomic mass is 35.5. The van der Waals surface area contributed by atoms with Gasteiger partial charge < -0.3 is 4.74 Å². The standard InChI is InChI=1S/C23H23ClN2O3S/c1-14-5-6-15(2)19(10-14)21(27)13-30-23-25-20-11-16(24)7-8-18(20)22(28)26(23)12-17-4-3-9-29-17/h5-8,10-11,17H,3-4,9,12-13H2,1-2H3. The molecule has 4 rings (SSSR count). The van der Waals surface area contributed by atoms with Crippen LogP contribution >= 0.6 is 23.4 Å². The quantitative estimate of drug-likeness (QED) is 0.311. The number of Topliss-reactive ketones (excluding diaryl/α,β-unsaturated/α-hetero) is 1. The molecular formula is C23H23ClN2O3S. The number of ketones is 1. The van der Waals surface area contributed by atoms with Gasteiger partial charge in [-0.05, 0) is 56.5 Å². The van der Waals surface area contributed by atoms with Gasteiger partial charge in [-0.15, -0.1) is 0 Å². The predicted molar refractivity (Wildman–Crippen MR) is 121 cm³/mol. The molecule has 7 heteroatoms. The monoisotopic (exact) mass is 442 g/mol. The molecule has 2 aromatic carbocycles. The van der Waals surface area contributed by atoms with Crippen molar-refractivity contribution in [1.82, 2.24) is 9.55 Å². The second-order valence-corrected chi connectivity index (χ2v) is 9.02. The summed E-state index contributed by atoms with van der Waals surface area (Å²) in [5.41, 5.74) is 3.11. The summed E-state index contributed by atoms with van der Waals surface area (Å²) in [6.07, 6.45) is 1.89. The maximum Gasteiger partial charge on any atom is 0.262 e. The van der Waals surface area contributed by atoms with Crippen LogP contribution in [0.5, 0.6) is 0 Å². The fourth-order valence-corrected chi connectivity index (χ4v) is 4.74. The van der Waals surface area contributed by atoms with E-state index in [1.165, 1.54) is 11.8 Å². The first kappa shape index (κ1) is 21.1. The van der Waals surface area contributed by atoms with E-state index in [-0.39, 0.29) is 23.2 Å². The van der Waals surface area contributed by atoms with Gasteiger partial charge in [0.1, 0.15) is 0 Å². The lowest BCUT2D eigenvalue weighted by atomic mass is 10.0. The number of halogens is 1. The minimum atomic E-state index is -0.131. The van der Waals surface area contributed by atoms with Crippen LogP contribution in [0.3, 0.4) is 0 Å². The van der Waals surface area contributed by atoms with Gasteiger partial charge in [-0.3, -0.25) is 14.2 Å². The van der Waals surface area contributed by atoms with E-state index in [4.69, 9.17) is 16.3 Å². The second-order valence-electron chi connectivity index (χ2n) is 7.64. The van der Waals surface area contributed by atoms with E-state index in [1.54, 1.807) is 22.8 Å². The molecule has 1 saturated heterocycles. The van der Waals surface area contributed by atoms with Crippen LogP contribution in [0.25, 0.3) is 10.9 Å². The summed E-state index contributed by atoms with van der Waals surface area (Å²) in [7, 11) is 0. The van der Waals surface area contributed by atoms with Gasteiger partial charge in [0.05, 0.1) is 29.3 Å². The number of aryl methyl sites for hydroxylation is 2. The van der Waals surface area contributed by atoms with Crippen LogP contribution in [0.1, 0.15) is 34.3 Å². The van der Waals surface area contributed by atoms with Gasteiger partial charge in [0.25, 0.3) is 5.56 Å². The Kier molecular flexibility index (Phi) is 6.27.